The predicted molar refractivity (Wildman–Crippen MR) is 102 cm³/mol. The molecule has 6 nitrogen and oxygen atoms in total. The van der Waals surface area contributed by atoms with E-state index in [9.17, 15) is 18.8 Å². The number of hydrogen-bond donors (Lipinski definition) is 2. The smallest absolute Gasteiger partial charge is 0.318 e. The molecule has 0 aliphatic rings. The monoisotopic (exact) mass is 390 g/mol. The number of carbonyl (C=O) groups excluding carboxylic acids is 3. The summed E-state index contributed by atoms with van der Waals surface area (Å²) in [4.78, 5) is 36.0. The van der Waals surface area contributed by atoms with Crippen LogP contribution in [0.25, 0.3) is 0 Å². The summed E-state index contributed by atoms with van der Waals surface area (Å²) in [5, 5.41) is 4.55. The molecule has 0 aliphatic carbocycles. The Morgan fingerprint density at radius 2 is 1.81 bits per heavy atom. The molecule has 0 saturated heterocycles. The van der Waals surface area contributed by atoms with Gasteiger partial charge < -0.3 is 15.4 Å². The number of nitrogens with one attached hydrogen (secondary N) is 2. The minimum absolute atomic E-state index is 0.0257. The van der Waals surface area contributed by atoms with Crippen LogP contribution >= 0.6 is 11.8 Å². The van der Waals surface area contributed by atoms with Crippen molar-refractivity contribution in [2.45, 2.75) is 24.0 Å². The molecule has 0 aromatic heterocycles. The lowest BCUT2D eigenvalue weighted by atomic mass is 10.2. The fraction of sp³-hybridized carbons (Fsp3) is 0.211. The first-order valence-corrected chi connectivity index (χ1v) is 8.91. The van der Waals surface area contributed by atoms with Gasteiger partial charge in [0.25, 0.3) is 5.91 Å². The van der Waals surface area contributed by atoms with Gasteiger partial charge in [-0.15, -0.1) is 11.8 Å². The molecule has 0 bridgehead atoms. The molecule has 0 radical (unpaired) electrons. The number of rotatable bonds is 6. The SMILES string of the molecule is COC(=O)C(C)Sc1ccccc1C(=O)Nc1ccc(F)c(NC(C)=O)c1. The third-order valence-corrected chi connectivity index (χ3v) is 4.66. The molecule has 2 N–H and O–H groups in total. The van der Waals surface area contributed by atoms with Crippen molar-refractivity contribution in [1.82, 2.24) is 0 Å². The van der Waals surface area contributed by atoms with Gasteiger partial charge in [-0.25, -0.2) is 4.39 Å². The summed E-state index contributed by atoms with van der Waals surface area (Å²) in [6.45, 7) is 2.95. The third kappa shape index (κ3) is 5.55. The minimum Gasteiger partial charge on any atom is -0.468 e. The van der Waals surface area contributed by atoms with Crippen molar-refractivity contribution in [1.29, 1.82) is 0 Å². The molecule has 0 spiro atoms. The number of carbonyl (C=O) groups is 3. The van der Waals surface area contributed by atoms with Crippen molar-refractivity contribution in [2.75, 3.05) is 17.7 Å². The number of benzene rings is 2. The number of methoxy groups -OCH3 is 1. The lowest BCUT2D eigenvalue weighted by Gasteiger charge is -2.13. The van der Waals surface area contributed by atoms with E-state index in [1.54, 1.807) is 31.2 Å². The number of hydrogen-bond acceptors (Lipinski definition) is 5. The van der Waals surface area contributed by atoms with Crippen molar-refractivity contribution in [2.24, 2.45) is 0 Å². The van der Waals surface area contributed by atoms with E-state index in [2.05, 4.69) is 10.6 Å². The largest absolute Gasteiger partial charge is 0.468 e. The minimum atomic E-state index is -0.606. The van der Waals surface area contributed by atoms with Crippen LogP contribution in [-0.4, -0.2) is 30.1 Å². The van der Waals surface area contributed by atoms with Crippen LogP contribution in [-0.2, 0) is 14.3 Å². The molecule has 27 heavy (non-hydrogen) atoms. The second-order valence-corrected chi connectivity index (χ2v) is 6.99. The molecule has 2 aromatic carbocycles. The summed E-state index contributed by atoms with van der Waals surface area (Å²) in [7, 11) is 1.30. The molecule has 2 aromatic rings. The van der Waals surface area contributed by atoms with Gasteiger partial charge in [-0.3, -0.25) is 14.4 Å². The Hall–Kier alpha value is -2.87. The first-order valence-electron chi connectivity index (χ1n) is 8.03. The van der Waals surface area contributed by atoms with E-state index in [0.717, 1.165) is 6.07 Å². The Morgan fingerprint density at radius 1 is 1.11 bits per heavy atom. The van der Waals surface area contributed by atoms with Gasteiger partial charge in [-0.2, -0.15) is 0 Å². The highest BCUT2D eigenvalue weighted by Gasteiger charge is 2.19. The zero-order valence-electron chi connectivity index (χ0n) is 15.0. The van der Waals surface area contributed by atoms with Crippen LogP contribution in [0.3, 0.4) is 0 Å². The number of esters is 1. The number of anilines is 2. The van der Waals surface area contributed by atoms with Crippen molar-refractivity contribution in [3.8, 4) is 0 Å². The first kappa shape index (κ1) is 20.4. The molecule has 142 valence electrons. The average Bonchev–Trinajstić information content (AvgIpc) is 2.63. The van der Waals surface area contributed by atoms with Gasteiger partial charge in [0.1, 0.15) is 11.1 Å². The van der Waals surface area contributed by atoms with Gasteiger partial charge in [0.05, 0.1) is 18.4 Å². The Kier molecular flexibility index (Phi) is 6.95. The number of thioether (sulfide) groups is 1. The van der Waals surface area contributed by atoms with Gasteiger partial charge >= 0.3 is 5.97 Å². The topological polar surface area (TPSA) is 84.5 Å². The van der Waals surface area contributed by atoms with E-state index in [4.69, 9.17) is 4.74 Å². The highest BCUT2D eigenvalue weighted by atomic mass is 32.2. The third-order valence-electron chi connectivity index (χ3n) is 3.50. The number of halogens is 1. The Balaban J connectivity index is 2.21. The second-order valence-electron chi connectivity index (χ2n) is 5.61. The fourth-order valence-electron chi connectivity index (χ4n) is 2.25. The van der Waals surface area contributed by atoms with Gasteiger partial charge in [0.2, 0.25) is 5.91 Å². The van der Waals surface area contributed by atoms with E-state index in [0.29, 0.717) is 16.1 Å². The van der Waals surface area contributed by atoms with E-state index < -0.39 is 28.9 Å². The number of ether oxygens (including phenoxy) is 1. The van der Waals surface area contributed by atoms with Crippen molar-refractivity contribution in [3.63, 3.8) is 0 Å². The number of amides is 2. The standard InChI is InChI=1S/C19H19FN2O4S/c1-11(19(25)26-3)27-17-7-5-4-6-14(17)18(24)22-13-8-9-15(20)16(10-13)21-12(2)23/h4-11H,1-3H3,(H,21,23)(H,22,24). The molecule has 2 rings (SSSR count). The van der Waals surface area contributed by atoms with Crippen LogP contribution in [0.15, 0.2) is 47.4 Å². The Bertz CT molecular complexity index is 873. The van der Waals surface area contributed by atoms with Crippen LogP contribution in [0.2, 0.25) is 0 Å². The predicted octanol–water partition coefficient (Wildman–Crippen LogP) is 3.69. The Labute approximate surface area is 160 Å². The summed E-state index contributed by atoms with van der Waals surface area (Å²) in [6.07, 6.45) is 0. The van der Waals surface area contributed by atoms with Crippen LogP contribution in [0, 0.1) is 5.82 Å². The lowest BCUT2D eigenvalue weighted by Crippen LogP contribution is -2.17. The average molecular weight is 390 g/mol. The highest BCUT2D eigenvalue weighted by Crippen LogP contribution is 2.28. The fourth-order valence-corrected chi connectivity index (χ4v) is 3.27. The molecule has 8 heteroatoms. The molecule has 2 amide bonds. The lowest BCUT2D eigenvalue weighted by molar-refractivity contribution is -0.139. The van der Waals surface area contributed by atoms with Gasteiger partial charge in [-0.1, -0.05) is 12.1 Å². The molecule has 1 unspecified atom stereocenters. The highest BCUT2D eigenvalue weighted by molar-refractivity contribution is 8.00. The molecule has 0 heterocycles. The maximum atomic E-state index is 13.7. The summed E-state index contributed by atoms with van der Waals surface area (Å²) in [5.74, 6) is -1.84. The van der Waals surface area contributed by atoms with Crippen molar-refractivity contribution >= 4 is 40.9 Å². The summed E-state index contributed by atoms with van der Waals surface area (Å²) < 4.78 is 18.4. The van der Waals surface area contributed by atoms with Crippen molar-refractivity contribution in [3.05, 3.63) is 53.8 Å². The van der Waals surface area contributed by atoms with Crippen LogP contribution < -0.4 is 10.6 Å². The quantitative estimate of drug-likeness (QED) is 0.580. The van der Waals surface area contributed by atoms with Crippen LogP contribution in [0.4, 0.5) is 15.8 Å². The van der Waals surface area contributed by atoms with E-state index in [1.165, 1.54) is 37.9 Å². The summed E-state index contributed by atoms with van der Waals surface area (Å²) >= 11 is 1.20. The normalized spacial score (nSPS) is 11.4. The first-order chi connectivity index (χ1) is 12.8. The second kappa shape index (κ2) is 9.18. The van der Waals surface area contributed by atoms with Gasteiger partial charge in [0, 0.05) is 17.5 Å². The maximum Gasteiger partial charge on any atom is 0.318 e. The zero-order valence-corrected chi connectivity index (χ0v) is 15.9. The van der Waals surface area contributed by atoms with Crippen molar-refractivity contribution < 1.29 is 23.5 Å². The van der Waals surface area contributed by atoms with E-state index in [-0.39, 0.29) is 5.69 Å². The maximum absolute atomic E-state index is 13.7. The Morgan fingerprint density at radius 3 is 2.48 bits per heavy atom. The van der Waals surface area contributed by atoms with Crippen LogP contribution in [0.5, 0.6) is 0 Å². The summed E-state index contributed by atoms with van der Waals surface area (Å²) in [6, 6.07) is 10.7. The molecular weight excluding hydrogens is 371 g/mol. The van der Waals surface area contributed by atoms with E-state index >= 15 is 0 Å². The molecule has 0 fully saturated rings. The molecule has 1 atom stereocenters. The van der Waals surface area contributed by atoms with Gasteiger partial charge in [-0.05, 0) is 37.3 Å². The summed E-state index contributed by atoms with van der Waals surface area (Å²) in [5.41, 5.74) is 0.664. The molecular formula is C19H19FN2O4S. The molecule has 0 saturated carbocycles. The molecule has 0 aliphatic heterocycles. The van der Waals surface area contributed by atoms with E-state index in [1.807, 2.05) is 0 Å². The zero-order chi connectivity index (χ0) is 20.0. The van der Waals surface area contributed by atoms with Crippen LogP contribution in [0.1, 0.15) is 24.2 Å². The van der Waals surface area contributed by atoms with Gasteiger partial charge in [0.15, 0.2) is 0 Å².